The van der Waals surface area contributed by atoms with Crippen molar-refractivity contribution in [2.45, 2.75) is 45.7 Å². The van der Waals surface area contributed by atoms with Gasteiger partial charge in [0.1, 0.15) is 0 Å². The van der Waals surface area contributed by atoms with Crippen molar-refractivity contribution in [3.8, 4) is 0 Å². The molecule has 0 saturated carbocycles. The molecule has 4 nitrogen and oxygen atoms in total. The number of rotatable bonds is 4. The summed E-state index contributed by atoms with van der Waals surface area (Å²) in [7, 11) is 0. The number of nitrogens with zero attached hydrogens (tertiary/aromatic N) is 3. The lowest BCUT2D eigenvalue weighted by Crippen LogP contribution is -2.14. The second kappa shape index (κ2) is 5.03. The van der Waals surface area contributed by atoms with Crippen molar-refractivity contribution in [1.29, 1.82) is 0 Å². The number of fused-ring (bicyclic) bond motifs is 1. The van der Waals surface area contributed by atoms with Gasteiger partial charge < -0.3 is 4.57 Å². The Balaban J connectivity index is 1.72. The fourth-order valence-corrected chi connectivity index (χ4v) is 2.93. The van der Waals surface area contributed by atoms with E-state index < -0.39 is 0 Å². The van der Waals surface area contributed by atoms with Gasteiger partial charge in [-0.1, -0.05) is 0 Å². The highest BCUT2D eigenvalue weighted by Crippen LogP contribution is 2.25. The highest BCUT2D eigenvalue weighted by molar-refractivity contribution is 5.98. The maximum atomic E-state index is 11.9. The molecule has 0 saturated heterocycles. The fraction of sp³-hybridized carbons (Fsp3) is 0.467. The van der Waals surface area contributed by atoms with Crippen molar-refractivity contribution in [3.05, 3.63) is 41.5 Å². The zero-order valence-corrected chi connectivity index (χ0v) is 11.3. The smallest absolute Gasteiger partial charge is 0.164 e. The van der Waals surface area contributed by atoms with Gasteiger partial charge >= 0.3 is 0 Å². The van der Waals surface area contributed by atoms with E-state index in [1.807, 2.05) is 16.9 Å². The first-order chi connectivity index (χ1) is 9.25. The summed E-state index contributed by atoms with van der Waals surface area (Å²) < 4.78 is 4.27. The largest absolute Gasteiger partial charge is 0.348 e. The van der Waals surface area contributed by atoms with E-state index in [0.717, 1.165) is 37.9 Å². The maximum Gasteiger partial charge on any atom is 0.164 e. The predicted octanol–water partition coefficient (Wildman–Crippen LogP) is 2.60. The number of carbonyl (C=O) groups excluding carboxylic acids is 1. The van der Waals surface area contributed by atoms with Gasteiger partial charge in [0.05, 0.1) is 0 Å². The van der Waals surface area contributed by atoms with E-state index in [0.29, 0.717) is 12.2 Å². The number of aryl methyl sites for hydroxylation is 2. The lowest BCUT2D eigenvalue weighted by Gasteiger charge is -2.16. The molecular weight excluding hydrogens is 238 g/mol. The number of hydrogen-bond acceptors (Lipinski definition) is 2. The van der Waals surface area contributed by atoms with Crippen molar-refractivity contribution < 1.29 is 4.79 Å². The van der Waals surface area contributed by atoms with E-state index in [1.165, 1.54) is 11.4 Å². The third-order valence-corrected chi connectivity index (χ3v) is 3.86. The Labute approximate surface area is 113 Å². The molecule has 3 rings (SSSR count). The third kappa shape index (κ3) is 2.35. The van der Waals surface area contributed by atoms with Gasteiger partial charge in [0.15, 0.2) is 5.78 Å². The third-order valence-electron chi connectivity index (χ3n) is 3.86. The van der Waals surface area contributed by atoms with Gasteiger partial charge in [-0.25, -0.2) is 0 Å². The molecule has 19 heavy (non-hydrogen) atoms. The molecule has 2 heterocycles. The molecule has 0 atom stereocenters. The standard InChI is InChI=1S/C15H19N3O/c1-12-11-13-14(5-2-6-15(13)19)18(12)10-4-9-17-8-3-7-16-17/h3,7-8,11H,2,4-6,9-10H2,1H3. The maximum absolute atomic E-state index is 11.9. The van der Waals surface area contributed by atoms with Gasteiger partial charge in [-0.3, -0.25) is 9.48 Å². The predicted molar refractivity (Wildman–Crippen MR) is 73.3 cm³/mol. The second-order valence-corrected chi connectivity index (χ2v) is 5.20. The molecule has 2 aromatic rings. The molecule has 0 amide bonds. The van der Waals surface area contributed by atoms with Crippen molar-refractivity contribution >= 4 is 5.78 Å². The summed E-state index contributed by atoms with van der Waals surface area (Å²) in [6, 6.07) is 4.01. The van der Waals surface area contributed by atoms with Crippen molar-refractivity contribution in [3.63, 3.8) is 0 Å². The van der Waals surface area contributed by atoms with Crippen LogP contribution >= 0.6 is 0 Å². The van der Waals surface area contributed by atoms with Crippen LogP contribution in [-0.2, 0) is 19.5 Å². The zero-order valence-electron chi connectivity index (χ0n) is 11.3. The summed E-state index contributed by atoms with van der Waals surface area (Å²) >= 11 is 0. The Hall–Kier alpha value is -1.84. The Morgan fingerprint density at radius 2 is 2.21 bits per heavy atom. The van der Waals surface area contributed by atoms with Crippen molar-refractivity contribution in [1.82, 2.24) is 14.3 Å². The van der Waals surface area contributed by atoms with Gasteiger partial charge in [-0.2, -0.15) is 5.10 Å². The SMILES string of the molecule is Cc1cc2c(n1CCCn1cccn1)CCCC2=O. The number of ketones is 1. The van der Waals surface area contributed by atoms with E-state index in [-0.39, 0.29) is 0 Å². The summed E-state index contributed by atoms with van der Waals surface area (Å²) in [5.41, 5.74) is 3.41. The number of Topliss-reactive ketones (excluding diaryl/α,β-unsaturated/α-hetero) is 1. The van der Waals surface area contributed by atoms with Crippen LogP contribution in [0, 0.1) is 6.92 Å². The minimum Gasteiger partial charge on any atom is -0.348 e. The summed E-state index contributed by atoms with van der Waals surface area (Å²) in [6.07, 6.45) is 7.58. The molecule has 0 aromatic carbocycles. The van der Waals surface area contributed by atoms with Gasteiger partial charge in [-0.05, 0) is 38.3 Å². The molecule has 0 aliphatic heterocycles. The molecule has 4 heteroatoms. The van der Waals surface area contributed by atoms with Crippen LogP contribution in [0.3, 0.4) is 0 Å². The van der Waals surface area contributed by atoms with Crippen LogP contribution in [0.4, 0.5) is 0 Å². The summed E-state index contributed by atoms with van der Waals surface area (Å²) in [5.74, 6) is 0.315. The van der Waals surface area contributed by atoms with E-state index in [1.54, 1.807) is 6.20 Å². The van der Waals surface area contributed by atoms with Crippen LogP contribution in [0.2, 0.25) is 0 Å². The van der Waals surface area contributed by atoms with Gasteiger partial charge in [0.2, 0.25) is 0 Å². The minimum atomic E-state index is 0.315. The fourth-order valence-electron chi connectivity index (χ4n) is 2.93. The number of carbonyl (C=O) groups is 1. The van der Waals surface area contributed by atoms with Crippen LogP contribution < -0.4 is 0 Å². The molecule has 0 bridgehead atoms. The average molecular weight is 257 g/mol. The van der Waals surface area contributed by atoms with Gasteiger partial charge in [-0.15, -0.1) is 0 Å². The van der Waals surface area contributed by atoms with Crippen LogP contribution in [-0.4, -0.2) is 20.1 Å². The lowest BCUT2D eigenvalue weighted by molar-refractivity contribution is 0.0971. The highest BCUT2D eigenvalue weighted by atomic mass is 16.1. The molecule has 1 aliphatic carbocycles. The molecule has 0 fully saturated rings. The van der Waals surface area contributed by atoms with Crippen LogP contribution in [0.15, 0.2) is 24.5 Å². The Kier molecular flexibility index (Phi) is 3.23. The van der Waals surface area contributed by atoms with E-state index in [2.05, 4.69) is 22.7 Å². The Bertz CT molecular complexity index is 581. The van der Waals surface area contributed by atoms with E-state index >= 15 is 0 Å². The molecular formula is C15H19N3O. The quantitative estimate of drug-likeness (QED) is 0.844. The summed E-state index contributed by atoms with van der Waals surface area (Å²) in [5, 5.41) is 4.21. The first kappa shape index (κ1) is 12.2. The topological polar surface area (TPSA) is 39.8 Å². The van der Waals surface area contributed by atoms with Gasteiger partial charge in [0, 0.05) is 48.9 Å². The first-order valence-electron chi connectivity index (χ1n) is 6.95. The summed E-state index contributed by atoms with van der Waals surface area (Å²) in [6.45, 7) is 3.99. The molecule has 0 N–H and O–H groups in total. The van der Waals surface area contributed by atoms with Gasteiger partial charge in [0.25, 0.3) is 0 Å². The zero-order chi connectivity index (χ0) is 13.2. The molecule has 2 aromatic heterocycles. The van der Waals surface area contributed by atoms with Crippen LogP contribution in [0.1, 0.15) is 41.0 Å². The molecule has 0 spiro atoms. The Morgan fingerprint density at radius 3 is 3.00 bits per heavy atom. The molecule has 100 valence electrons. The first-order valence-corrected chi connectivity index (χ1v) is 6.95. The monoisotopic (exact) mass is 257 g/mol. The molecule has 0 radical (unpaired) electrons. The number of hydrogen-bond donors (Lipinski definition) is 0. The van der Waals surface area contributed by atoms with Crippen LogP contribution in [0.25, 0.3) is 0 Å². The average Bonchev–Trinajstić information content (AvgIpc) is 3.00. The molecule has 0 unspecified atom stereocenters. The number of aromatic nitrogens is 3. The van der Waals surface area contributed by atoms with Crippen molar-refractivity contribution in [2.75, 3.05) is 0 Å². The highest BCUT2D eigenvalue weighted by Gasteiger charge is 2.22. The molecule has 1 aliphatic rings. The van der Waals surface area contributed by atoms with Crippen LogP contribution in [0.5, 0.6) is 0 Å². The second-order valence-electron chi connectivity index (χ2n) is 5.20. The lowest BCUT2D eigenvalue weighted by atomic mass is 9.96. The minimum absolute atomic E-state index is 0.315. The normalized spacial score (nSPS) is 14.7. The Morgan fingerprint density at radius 1 is 1.32 bits per heavy atom. The summed E-state index contributed by atoms with van der Waals surface area (Å²) in [4.78, 5) is 11.9. The van der Waals surface area contributed by atoms with Crippen molar-refractivity contribution in [2.24, 2.45) is 0 Å². The van der Waals surface area contributed by atoms with E-state index in [4.69, 9.17) is 0 Å². The van der Waals surface area contributed by atoms with E-state index in [9.17, 15) is 4.79 Å².